The van der Waals surface area contributed by atoms with Crippen molar-refractivity contribution in [2.24, 2.45) is 5.73 Å². The molecule has 4 atom stereocenters. The number of carbonyl (C=O) groups is 4. The van der Waals surface area contributed by atoms with E-state index >= 15 is 0 Å². The van der Waals surface area contributed by atoms with Crippen molar-refractivity contribution in [3.8, 4) is 0 Å². The summed E-state index contributed by atoms with van der Waals surface area (Å²) in [5, 5.41) is 25.8. The zero-order valence-electron chi connectivity index (χ0n) is 18.0. The molecule has 1 aromatic carbocycles. The Kier molecular flexibility index (Phi) is 9.51. The van der Waals surface area contributed by atoms with Crippen LogP contribution >= 0.6 is 0 Å². The molecule has 178 valence electrons. The Morgan fingerprint density at radius 3 is 2.24 bits per heavy atom. The number of nitrogens with zero attached hydrogens (tertiary/aromatic N) is 1. The SMILES string of the molecule is CC(NC(=O)C(N)CO)C(=O)NC(Cc1ccccc1)C(=O)NC(Cc1cnc[nH]1)C(=O)O. The molecule has 0 fully saturated rings. The van der Waals surface area contributed by atoms with Gasteiger partial charge in [-0.05, 0) is 12.5 Å². The van der Waals surface area contributed by atoms with E-state index in [0.29, 0.717) is 5.69 Å². The first-order chi connectivity index (χ1) is 15.7. The number of aliphatic hydroxyl groups is 1. The molecule has 4 unspecified atom stereocenters. The molecule has 0 saturated heterocycles. The van der Waals surface area contributed by atoms with Crippen LogP contribution in [0.25, 0.3) is 0 Å². The highest BCUT2D eigenvalue weighted by Gasteiger charge is 2.29. The number of carboxylic acids is 1. The van der Waals surface area contributed by atoms with Crippen molar-refractivity contribution in [3.63, 3.8) is 0 Å². The van der Waals surface area contributed by atoms with Gasteiger partial charge in [0.1, 0.15) is 24.2 Å². The van der Waals surface area contributed by atoms with Gasteiger partial charge in [0.25, 0.3) is 0 Å². The molecule has 0 saturated carbocycles. The topological polar surface area (TPSA) is 200 Å². The van der Waals surface area contributed by atoms with E-state index in [4.69, 9.17) is 10.8 Å². The van der Waals surface area contributed by atoms with Crippen LogP contribution in [0.3, 0.4) is 0 Å². The van der Waals surface area contributed by atoms with E-state index in [1.807, 2.05) is 0 Å². The van der Waals surface area contributed by atoms with Crippen LogP contribution in [-0.2, 0) is 32.0 Å². The van der Waals surface area contributed by atoms with Gasteiger partial charge in [0.05, 0.1) is 12.9 Å². The van der Waals surface area contributed by atoms with Crippen molar-refractivity contribution in [2.75, 3.05) is 6.61 Å². The molecule has 0 radical (unpaired) electrons. The molecular weight excluding hydrogens is 432 g/mol. The lowest BCUT2D eigenvalue weighted by Gasteiger charge is -2.23. The lowest BCUT2D eigenvalue weighted by Crippen LogP contribution is -2.57. The average Bonchev–Trinajstić information content (AvgIpc) is 3.31. The summed E-state index contributed by atoms with van der Waals surface area (Å²) >= 11 is 0. The Bertz CT molecular complexity index is 936. The highest BCUT2D eigenvalue weighted by molar-refractivity contribution is 5.94. The summed E-state index contributed by atoms with van der Waals surface area (Å²) in [4.78, 5) is 55.7. The lowest BCUT2D eigenvalue weighted by atomic mass is 10.0. The largest absolute Gasteiger partial charge is 0.480 e. The van der Waals surface area contributed by atoms with Gasteiger partial charge in [0.15, 0.2) is 0 Å². The summed E-state index contributed by atoms with van der Waals surface area (Å²) in [7, 11) is 0. The minimum absolute atomic E-state index is 0.0292. The molecule has 0 bridgehead atoms. The van der Waals surface area contributed by atoms with Gasteiger partial charge in [-0.15, -0.1) is 0 Å². The number of aliphatic hydroxyl groups excluding tert-OH is 1. The summed E-state index contributed by atoms with van der Waals surface area (Å²) in [6.45, 7) is 0.805. The summed E-state index contributed by atoms with van der Waals surface area (Å²) in [6, 6.07) is 4.23. The predicted molar refractivity (Wildman–Crippen MR) is 117 cm³/mol. The molecule has 2 aromatic rings. The molecular formula is C21H28N6O6. The van der Waals surface area contributed by atoms with Gasteiger partial charge >= 0.3 is 5.97 Å². The third kappa shape index (κ3) is 8.01. The molecule has 1 aromatic heterocycles. The number of aromatic amines is 1. The van der Waals surface area contributed by atoms with Gasteiger partial charge in [-0.1, -0.05) is 30.3 Å². The monoisotopic (exact) mass is 460 g/mol. The smallest absolute Gasteiger partial charge is 0.326 e. The van der Waals surface area contributed by atoms with Crippen LogP contribution in [-0.4, -0.2) is 74.6 Å². The highest BCUT2D eigenvalue weighted by atomic mass is 16.4. The van der Waals surface area contributed by atoms with E-state index in [1.165, 1.54) is 19.4 Å². The van der Waals surface area contributed by atoms with Crippen molar-refractivity contribution in [3.05, 3.63) is 54.1 Å². The number of nitrogens with two attached hydrogens (primary N) is 1. The standard InChI is InChI=1S/C21H28N6O6/c1-12(25-19(30)15(22)10-28)18(29)26-16(7-13-5-3-2-4-6-13)20(31)27-17(21(32)33)8-14-9-23-11-24-14/h2-6,9,11-12,15-17,28H,7-8,10,22H2,1H3,(H,23,24)(H,25,30)(H,26,29)(H,27,31)(H,32,33). The van der Waals surface area contributed by atoms with Gasteiger partial charge in [0.2, 0.25) is 17.7 Å². The molecule has 0 aliphatic carbocycles. The van der Waals surface area contributed by atoms with Crippen molar-refractivity contribution in [1.29, 1.82) is 0 Å². The number of benzene rings is 1. The van der Waals surface area contributed by atoms with Crippen molar-refractivity contribution in [2.45, 2.75) is 43.9 Å². The molecule has 12 nitrogen and oxygen atoms in total. The maximum absolute atomic E-state index is 13.0. The summed E-state index contributed by atoms with van der Waals surface area (Å²) in [5.74, 6) is -3.36. The lowest BCUT2D eigenvalue weighted by molar-refractivity contribution is -0.142. The van der Waals surface area contributed by atoms with Crippen molar-refractivity contribution >= 4 is 23.7 Å². The number of rotatable bonds is 12. The summed E-state index contributed by atoms with van der Waals surface area (Å²) < 4.78 is 0. The number of imidazole rings is 1. The second-order valence-corrected chi connectivity index (χ2v) is 7.45. The molecule has 33 heavy (non-hydrogen) atoms. The Balaban J connectivity index is 2.13. The maximum Gasteiger partial charge on any atom is 0.326 e. The van der Waals surface area contributed by atoms with E-state index in [0.717, 1.165) is 5.56 Å². The maximum atomic E-state index is 13.0. The van der Waals surface area contributed by atoms with Gasteiger partial charge < -0.3 is 36.9 Å². The van der Waals surface area contributed by atoms with Gasteiger partial charge in [0, 0.05) is 24.7 Å². The van der Waals surface area contributed by atoms with Gasteiger partial charge in [-0.25, -0.2) is 9.78 Å². The number of nitrogens with one attached hydrogen (secondary N) is 4. The molecule has 8 N–H and O–H groups in total. The molecule has 0 aliphatic heterocycles. The van der Waals surface area contributed by atoms with E-state index in [2.05, 4.69) is 25.9 Å². The molecule has 3 amide bonds. The van der Waals surface area contributed by atoms with Crippen LogP contribution < -0.4 is 21.7 Å². The Hall–Kier alpha value is -3.77. The van der Waals surface area contributed by atoms with Crippen LogP contribution in [0, 0.1) is 0 Å². The number of hydrogen-bond acceptors (Lipinski definition) is 7. The normalized spacial score (nSPS) is 14.4. The Labute approximate surface area is 190 Å². The Morgan fingerprint density at radius 2 is 1.67 bits per heavy atom. The second-order valence-electron chi connectivity index (χ2n) is 7.45. The second kappa shape index (κ2) is 12.3. The van der Waals surface area contributed by atoms with Crippen LogP contribution in [0.5, 0.6) is 0 Å². The van der Waals surface area contributed by atoms with Crippen molar-refractivity contribution < 1.29 is 29.4 Å². The fourth-order valence-corrected chi connectivity index (χ4v) is 2.91. The fraction of sp³-hybridized carbons (Fsp3) is 0.381. The Morgan fingerprint density at radius 1 is 1.00 bits per heavy atom. The molecule has 0 aliphatic rings. The summed E-state index contributed by atoms with van der Waals surface area (Å²) in [6.07, 6.45) is 2.91. The van der Waals surface area contributed by atoms with Crippen LogP contribution in [0.4, 0.5) is 0 Å². The minimum atomic E-state index is -1.26. The zero-order valence-corrected chi connectivity index (χ0v) is 18.0. The number of aromatic nitrogens is 2. The van der Waals surface area contributed by atoms with E-state index in [1.54, 1.807) is 30.3 Å². The fourth-order valence-electron chi connectivity index (χ4n) is 2.91. The third-order valence-electron chi connectivity index (χ3n) is 4.79. The number of carboxylic acid groups (broad SMARTS) is 1. The predicted octanol–water partition coefficient (Wildman–Crippen LogP) is -1.93. The first-order valence-electron chi connectivity index (χ1n) is 10.2. The zero-order chi connectivity index (χ0) is 24.4. The van der Waals surface area contributed by atoms with Gasteiger partial charge in [-0.3, -0.25) is 14.4 Å². The minimum Gasteiger partial charge on any atom is -0.480 e. The molecule has 1 heterocycles. The third-order valence-corrected chi connectivity index (χ3v) is 4.79. The number of H-pyrrole nitrogens is 1. The summed E-state index contributed by atoms with van der Waals surface area (Å²) in [5.41, 5.74) is 6.68. The van der Waals surface area contributed by atoms with Crippen LogP contribution in [0.2, 0.25) is 0 Å². The number of amides is 3. The van der Waals surface area contributed by atoms with Crippen LogP contribution in [0.15, 0.2) is 42.9 Å². The van der Waals surface area contributed by atoms with Crippen molar-refractivity contribution in [1.82, 2.24) is 25.9 Å². The first kappa shape index (κ1) is 25.5. The van der Waals surface area contributed by atoms with Gasteiger partial charge in [-0.2, -0.15) is 0 Å². The first-order valence-corrected chi connectivity index (χ1v) is 10.2. The van der Waals surface area contributed by atoms with E-state index < -0.39 is 54.5 Å². The molecule has 2 rings (SSSR count). The van der Waals surface area contributed by atoms with Crippen LogP contribution in [0.1, 0.15) is 18.2 Å². The molecule has 0 spiro atoms. The number of carbonyl (C=O) groups excluding carboxylic acids is 3. The number of aliphatic carboxylic acids is 1. The highest BCUT2D eigenvalue weighted by Crippen LogP contribution is 2.06. The molecule has 12 heteroatoms. The van der Waals surface area contributed by atoms with E-state index in [9.17, 15) is 24.3 Å². The van der Waals surface area contributed by atoms with E-state index in [-0.39, 0.29) is 12.8 Å². The number of hydrogen-bond donors (Lipinski definition) is 7. The average molecular weight is 460 g/mol. The quantitative estimate of drug-likeness (QED) is 0.190.